The summed E-state index contributed by atoms with van der Waals surface area (Å²) in [5, 5.41) is 4.67. The van der Waals surface area contributed by atoms with Crippen LogP contribution in [-0.2, 0) is 15.8 Å². The van der Waals surface area contributed by atoms with Crippen LogP contribution < -0.4 is 10.6 Å². The minimum absolute atomic E-state index is 0.157. The van der Waals surface area contributed by atoms with Gasteiger partial charge in [-0.15, -0.1) is 11.3 Å². The number of amides is 2. The topological polar surface area (TPSA) is 84.0 Å². The van der Waals surface area contributed by atoms with E-state index in [0.29, 0.717) is 11.4 Å². The molecule has 0 aliphatic heterocycles. The normalized spacial score (nSPS) is 10.7. The van der Waals surface area contributed by atoms with Crippen molar-refractivity contribution in [2.24, 2.45) is 0 Å². The summed E-state index contributed by atoms with van der Waals surface area (Å²) in [6.07, 6.45) is -1.66. The summed E-state index contributed by atoms with van der Waals surface area (Å²) in [5.74, 6) is 3.81. The minimum Gasteiger partial charge on any atom is -0.337 e. The van der Waals surface area contributed by atoms with Crippen LogP contribution in [0.3, 0.4) is 0 Å². The largest absolute Gasteiger partial charge is 0.416 e. The van der Waals surface area contributed by atoms with Gasteiger partial charge in [-0.1, -0.05) is 11.8 Å². The summed E-state index contributed by atoms with van der Waals surface area (Å²) in [7, 11) is 0. The van der Waals surface area contributed by atoms with Crippen molar-refractivity contribution in [2.75, 3.05) is 11.9 Å². The first-order chi connectivity index (χ1) is 14.7. The lowest BCUT2D eigenvalue weighted by Crippen LogP contribution is -2.35. The Balaban J connectivity index is 1.49. The SMILES string of the molecule is O=C(NCC#Cc1ccc(C(F)(F)F)cc1)C(=O)Nc1cnc(-c2ccc(Br)s2)nc1. The van der Waals surface area contributed by atoms with E-state index in [4.69, 9.17) is 0 Å². The fraction of sp³-hybridized carbons (Fsp3) is 0.100. The summed E-state index contributed by atoms with van der Waals surface area (Å²) in [4.78, 5) is 32.9. The zero-order valence-corrected chi connectivity index (χ0v) is 17.9. The number of thiophene rings is 1. The molecule has 0 saturated carbocycles. The summed E-state index contributed by atoms with van der Waals surface area (Å²) >= 11 is 4.81. The first-order valence-electron chi connectivity index (χ1n) is 8.55. The Morgan fingerprint density at radius 1 is 1.03 bits per heavy atom. The van der Waals surface area contributed by atoms with Gasteiger partial charge in [-0.25, -0.2) is 9.97 Å². The standard InChI is InChI=1S/C20H12BrF3N4O2S/c21-16-8-7-15(31-16)17-26-10-14(11-27-17)28-19(30)18(29)25-9-1-2-12-3-5-13(6-4-12)20(22,23)24/h3-8,10-11H,9H2,(H,25,29)(H,28,30). The number of halogens is 4. The number of rotatable bonds is 3. The van der Waals surface area contributed by atoms with Crippen LogP contribution in [0.5, 0.6) is 0 Å². The molecule has 0 aliphatic rings. The number of alkyl halides is 3. The van der Waals surface area contributed by atoms with Gasteiger partial charge in [0.2, 0.25) is 0 Å². The fourth-order valence-corrected chi connectivity index (χ4v) is 3.57. The first-order valence-corrected chi connectivity index (χ1v) is 10.2. The molecular weight excluding hydrogens is 497 g/mol. The predicted molar refractivity (Wildman–Crippen MR) is 113 cm³/mol. The van der Waals surface area contributed by atoms with Crippen LogP contribution in [0, 0.1) is 11.8 Å². The van der Waals surface area contributed by atoms with E-state index < -0.39 is 23.6 Å². The third-order valence-corrected chi connectivity index (χ3v) is 5.31. The van der Waals surface area contributed by atoms with Crippen LogP contribution in [0.4, 0.5) is 18.9 Å². The zero-order chi connectivity index (χ0) is 22.4. The lowest BCUT2D eigenvalue weighted by Gasteiger charge is -2.05. The number of anilines is 1. The lowest BCUT2D eigenvalue weighted by atomic mass is 10.1. The number of aromatic nitrogens is 2. The quantitative estimate of drug-likeness (QED) is 0.412. The molecular formula is C20H12BrF3N4O2S. The van der Waals surface area contributed by atoms with Crippen LogP contribution in [-0.4, -0.2) is 28.3 Å². The van der Waals surface area contributed by atoms with Crippen molar-refractivity contribution >= 4 is 44.8 Å². The molecule has 0 bridgehead atoms. The highest BCUT2D eigenvalue weighted by molar-refractivity contribution is 9.11. The second-order valence-corrected chi connectivity index (χ2v) is 8.38. The van der Waals surface area contributed by atoms with Gasteiger partial charge in [-0.05, 0) is 52.3 Å². The lowest BCUT2D eigenvalue weighted by molar-refractivity contribution is -0.137. The van der Waals surface area contributed by atoms with Gasteiger partial charge in [0.15, 0.2) is 5.82 Å². The second kappa shape index (κ2) is 9.72. The molecule has 0 atom stereocenters. The molecule has 0 aliphatic carbocycles. The second-order valence-electron chi connectivity index (χ2n) is 5.91. The molecule has 1 aromatic carbocycles. The Morgan fingerprint density at radius 3 is 2.29 bits per heavy atom. The van der Waals surface area contributed by atoms with Gasteiger partial charge in [0.1, 0.15) is 0 Å². The molecule has 0 spiro atoms. The van der Waals surface area contributed by atoms with Gasteiger partial charge in [0, 0.05) is 5.56 Å². The minimum atomic E-state index is -4.42. The monoisotopic (exact) mass is 508 g/mol. The van der Waals surface area contributed by atoms with E-state index in [-0.39, 0.29) is 12.2 Å². The van der Waals surface area contributed by atoms with Crippen molar-refractivity contribution in [2.45, 2.75) is 6.18 Å². The summed E-state index contributed by atoms with van der Waals surface area (Å²) in [6, 6.07) is 8.00. The molecule has 2 N–H and O–H groups in total. The maximum Gasteiger partial charge on any atom is 0.416 e. The highest BCUT2D eigenvalue weighted by Crippen LogP contribution is 2.29. The molecule has 3 rings (SSSR count). The van der Waals surface area contributed by atoms with Crippen molar-refractivity contribution in [1.29, 1.82) is 0 Å². The van der Waals surface area contributed by atoms with Crippen LogP contribution in [0.2, 0.25) is 0 Å². The highest BCUT2D eigenvalue weighted by Gasteiger charge is 2.29. The maximum atomic E-state index is 12.5. The van der Waals surface area contributed by atoms with Crippen molar-refractivity contribution in [1.82, 2.24) is 15.3 Å². The zero-order valence-electron chi connectivity index (χ0n) is 15.5. The molecule has 2 aromatic heterocycles. The van der Waals surface area contributed by atoms with Gasteiger partial charge in [0.05, 0.1) is 38.9 Å². The van der Waals surface area contributed by atoms with E-state index in [1.807, 2.05) is 12.1 Å². The molecule has 2 heterocycles. The third kappa shape index (κ3) is 6.37. The molecule has 0 fully saturated rings. The van der Waals surface area contributed by atoms with Gasteiger partial charge >= 0.3 is 18.0 Å². The molecule has 0 unspecified atom stereocenters. The van der Waals surface area contributed by atoms with Crippen LogP contribution in [0.1, 0.15) is 11.1 Å². The number of hydrogen-bond donors (Lipinski definition) is 2. The number of benzene rings is 1. The van der Waals surface area contributed by atoms with Crippen molar-refractivity contribution in [3.05, 3.63) is 63.7 Å². The van der Waals surface area contributed by atoms with Crippen molar-refractivity contribution < 1.29 is 22.8 Å². The van der Waals surface area contributed by atoms with Gasteiger partial charge in [-0.2, -0.15) is 13.2 Å². The fourth-order valence-electron chi connectivity index (χ4n) is 2.24. The predicted octanol–water partition coefficient (Wildman–Crippen LogP) is 4.09. The van der Waals surface area contributed by atoms with E-state index in [9.17, 15) is 22.8 Å². The number of nitrogens with one attached hydrogen (secondary N) is 2. The third-order valence-electron chi connectivity index (χ3n) is 3.69. The van der Waals surface area contributed by atoms with Crippen LogP contribution in [0.15, 0.2) is 52.6 Å². The highest BCUT2D eigenvalue weighted by atomic mass is 79.9. The number of carbonyl (C=O) groups excluding carboxylic acids is 2. The number of hydrogen-bond acceptors (Lipinski definition) is 5. The smallest absolute Gasteiger partial charge is 0.337 e. The van der Waals surface area contributed by atoms with E-state index in [1.165, 1.54) is 35.9 Å². The summed E-state index contributed by atoms with van der Waals surface area (Å²) in [5.41, 5.74) is -0.180. The molecule has 2 amide bonds. The van der Waals surface area contributed by atoms with E-state index >= 15 is 0 Å². The average molecular weight is 509 g/mol. The Morgan fingerprint density at radius 2 is 1.71 bits per heavy atom. The molecule has 6 nitrogen and oxygen atoms in total. The Kier molecular flexibility index (Phi) is 7.04. The van der Waals surface area contributed by atoms with Gasteiger partial charge in [-0.3, -0.25) is 9.59 Å². The van der Waals surface area contributed by atoms with Crippen molar-refractivity contribution in [3.63, 3.8) is 0 Å². The molecule has 31 heavy (non-hydrogen) atoms. The summed E-state index contributed by atoms with van der Waals surface area (Å²) < 4.78 is 38.5. The maximum absolute atomic E-state index is 12.5. The van der Waals surface area contributed by atoms with Crippen LogP contribution >= 0.6 is 27.3 Å². The van der Waals surface area contributed by atoms with E-state index in [2.05, 4.69) is 48.4 Å². The molecule has 158 valence electrons. The van der Waals surface area contributed by atoms with Gasteiger partial charge in [0.25, 0.3) is 0 Å². The molecule has 3 aromatic rings. The van der Waals surface area contributed by atoms with E-state index in [0.717, 1.165) is 20.8 Å². The molecule has 0 saturated heterocycles. The molecule has 11 heteroatoms. The molecule has 0 radical (unpaired) electrons. The number of carbonyl (C=O) groups is 2. The average Bonchev–Trinajstić information content (AvgIpc) is 3.17. The Hall–Kier alpha value is -3.23. The Bertz CT molecular complexity index is 1150. The van der Waals surface area contributed by atoms with Gasteiger partial charge < -0.3 is 10.6 Å². The Labute approximate surface area is 187 Å². The number of nitrogens with zero attached hydrogens (tertiary/aromatic N) is 2. The summed E-state index contributed by atoms with van der Waals surface area (Å²) in [6.45, 7) is -0.157. The van der Waals surface area contributed by atoms with Crippen molar-refractivity contribution in [3.8, 4) is 22.5 Å². The first kappa shape index (κ1) is 22.5. The van der Waals surface area contributed by atoms with E-state index in [1.54, 1.807) is 0 Å². The van der Waals surface area contributed by atoms with Crippen LogP contribution in [0.25, 0.3) is 10.7 Å².